The zero-order valence-corrected chi connectivity index (χ0v) is 17.9. The lowest BCUT2D eigenvalue weighted by atomic mass is 9.94. The first-order valence-corrected chi connectivity index (χ1v) is 12.3. The summed E-state index contributed by atoms with van der Waals surface area (Å²) in [6.07, 6.45) is 2.86. The number of thiophene rings is 1. The number of aromatic nitrogens is 3. The zero-order valence-electron chi connectivity index (χ0n) is 16.3. The van der Waals surface area contributed by atoms with Crippen molar-refractivity contribution in [3.8, 4) is 10.8 Å². The van der Waals surface area contributed by atoms with Crippen molar-refractivity contribution in [1.82, 2.24) is 19.1 Å². The van der Waals surface area contributed by atoms with Crippen LogP contribution in [0.15, 0.2) is 45.4 Å². The first-order chi connectivity index (χ1) is 14.5. The van der Waals surface area contributed by atoms with Gasteiger partial charge in [0, 0.05) is 25.9 Å². The summed E-state index contributed by atoms with van der Waals surface area (Å²) < 4.78 is 34.8. The zero-order chi connectivity index (χ0) is 20.7. The van der Waals surface area contributed by atoms with E-state index < -0.39 is 10.0 Å². The van der Waals surface area contributed by atoms with E-state index in [-0.39, 0.29) is 11.6 Å². The van der Waals surface area contributed by atoms with E-state index in [4.69, 9.17) is 4.74 Å². The van der Waals surface area contributed by atoms with Crippen molar-refractivity contribution in [2.45, 2.75) is 30.6 Å². The monoisotopic (exact) mass is 446 g/mol. The molecule has 0 unspecified atom stereocenters. The van der Waals surface area contributed by atoms with Crippen molar-refractivity contribution in [3.05, 3.63) is 57.6 Å². The molecule has 158 valence electrons. The molecule has 0 saturated carbocycles. The SMILES string of the molecule is O=c1[nH]nc(CC2CCN(S(=O)(=O)c3ccc4c(c3)CCO4)CC2)n1-c1cccs1. The average molecular weight is 447 g/mol. The molecule has 0 amide bonds. The third-order valence-corrected chi connectivity index (χ3v) is 8.56. The van der Waals surface area contributed by atoms with E-state index in [1.165, 1.54) is 11.3 Å². The summed E-state index contributed by atoms with van der Waals surface area (Å²) in [6.45, 7) is 1.54. The van der Waals surface area contributed by atoms with Gasteiger partial charge >= 0.3 is 5.69 Å². The molecule has 1 saturated heterocycles. The molecule has 2 aliphatic heterocycles. The number of hydrogen-bond donors (Lipinski definition) is 1. The van der Waals surface area contributed by atoms with Crippen LogP contribution in [-0.4, -0.2) is 47.2 Å². The van der Waals surface area contributed by atoms with E-state index in [0.29, 0.717) is 36.8 Å². The number of nitrogens with one attached hydrogen (secondary N) is 1. The predicted octanol–water partition coefficient (Wildman–Crippen LogP) is 2.20. The van der Waals surface area contributed by atoms with Gasteiger partial charge in [-0.15, -0.1) is 11.3 Å². The van der Waals surface area contributed by atoms with Gasteiger partial charge in [0.2, 0.25) is 10.0 Å². The van der Waals surface area contributed by atoms with Gasteiger partial charge in [-0.25, -0.2) is 22.9 Å². The number of H-pyrrole nitrogens is 1. The van der Waals surface area contributed by atoms with E-state index >= 15 is 0 Å². The van der Waals surface area contributed by atoms with Crippen LogP contribution in [0.1, 0.15) is 24.2 Å². The summed E-state index contributed by atoms with van der Waals surface area (Å²) >= 11 is 1.49. The predicted molar refractivity (Wildman–Crippen MR) is 113 cm³/mol. The third kappa shape index (κ3) is 3.48. The molecule has 1 aromatic carbocycles. The minimum atomic E-state index is -3.52. The second-order valence-electron chi connectivity index (χ2n) is 7.65. The standard InChI is InChI=1S/C20H22N4O4S2/c25-20-22-21-18(24(20)19-2-1-11-29-19)12-14-5-8-23(9-6-14)30(26,27)16-3-4-17-15(13-16)7-10-28-17/h1-4,11,13-14H,5-10,12H2,(H,22,25). The van der Waals surface area contributed by atoms with Crippen molar-refractivity contribution in [3.63, 3.8) is 0 Å². The second kappa shape index (κ2) is 7.68. The summed E-state index contributed by atoms with van der Waals surface area (Å²) in [5, 5.41) is 9.50. The fourth-order valence-corrected chi connectivity index (χ4v) is 6.44. The smallest absolute Gasteiger partial charge is 0.348 e. The fourth-order valence-electron chi connectivity index (χ4n) is 4.18. The molecule has 1 fully saturated rings. The van der Waals surface area contributed by atoms with Crippen LogP contribution in [0, 0.1) is 5.92 Å². The first-order valence-electron chi connectivity index (χ1n) is 9.98. The van der Waals surface area contributed by atoms with Crippen LogP contribution in [0.2, 0.25) is 0 Å². The first kappa shape index (κ1) is 19.5. The van der Waals surface area contributed by atoms with Gasteiger partial charge in [-0.05, 0) is 60.0 Å². The molecule has 1 N–H and O–H groups in total. The molecule has 2 aliphatic rings. The summed E-state index contributed by atoms with van der Waals surface area (Å²) in [4.78, 5) is 12.5. The van der Waals surface area contributed by atoms with Gasteiger partial charge in [0.05, 0.1) is 11.5 Å². The van der Waals surface area contributed by atoms with Crippen molar-refractivity contribution in [2.24, 2.45) is 5.92 Å². The molecule has 0 aliphatic carbocycles. The van der Waals surface area contributed by atoms with Crippen LogP contribution in [0.25, 0.3) is 5.00 Å². The number of piperidine rings is 1. The minimum absolute atomic E-state index is 0.243. The van der Waals surface area contributed by atoms with Crippen molar-refractivity contribution in [2.75, 3.05) is 19.7 Å². The number of fused-ring (bicyclic) bond motifs is 1. The number of aromatic amines is 1. The largest absolute Gasteiger partial charge is 0.493 e. The van der Waals surface area contributed by atoms with Gasteiger partial charge < -0.3 is 4.74 Å². The fraction of sp³-hybridized carbons (Fsp3) is 0.400. The summed E-state index contributed by atoms with van der Waals surface area (Å²) in [5.74, 6) is 1.75. The van der Waals surface area contributed by atoms with Crippen LogP contribution in [-0.2, 0) is 22.9 Å². The Morgan fingerprint density at radius 3 is 2.83 bits per heavy atom. The molecule has 0 atom stereocenters. The molecular weight excluding hydrogens is 424 g/mol. The quantitative estimate of drug-likeness (QED) is 0.648. The molecule has 30 heavy (non-hydrogen) atoms. The highest BCUT2D eigenvalue weighted by atomic mass is 32.2. The molecule has 0 bridgehead atoms. The molecule has 2 aromatic heterocycles. The van der Waals surface area contributed by atoms with Crippen molar-refractivity contribution >= 4 is 21.4 Å². The molecule has 10 heteroatoms. The van der Waals surface area contributed by atoms with Crippen LogP contribution < -0.4 is 10.4 Å². The maximum Gasteiger partial charge on any atom is 0.348 e. The van der Waals surface area contributed by atoms with Crippen molar-refractivity contribution < 1.29 is 13.2 Å². The Morgan fingerprint density at radius 1 is 1.23 bits per heavy atom. The van der Waals surface area contributed by atoms with Gasteiger partial charge in [0.15, 0.2) is 0 Å². The average Bonchev–Trinajstić information content (AvgIpc) is 3.49. The lowest BCUT2D eigenvalue weighted by molar-refractivity contribution is 0.270. The van der Waals surface area contributed by atoms with Gasteiger partial charge in [-0.1, -0.05) is 0 Å². The summed E-state index contributed by atoms with van der Waals surface area (Å²) in [7, 11) is -3.52. The van der Waals surface area contributed by atoms with Crippen LogP contribution >= 0.6 is 11.3 Å². The highest BCUT2D eigenvalue weighted by Gasteiger charge is 2.31. The van der Waals surface area contributed by atoms with Gasteiger partial charge in [0.25, 0.3) is 0 Å². The number of rotatable bonds is 5. The highest BCUT2D eigenvalue weighted by Crippen LogP contribution is 2.31. The minimum Gasteiger partial charge on any atom is -0.493 e. The summed E-state index contributed by atoms with van der Waals surface area (Å²) in [5.41, 5.74) is 0.712. The molecule has 3 aromatic rings. The van der Waals surface area contributed by atoms with Crippen LogP contribution in [0.4, 0.5) is 0 Å². The molecule has 0 spiro atoms. The van der Waals surface area contributed by atoms with E-state index in [9.17, 15) is 13.2 Å². The molecule has 5 rings (SSSR count). The Hall–Kier alpha value is -2.43. The lowest BCUT2D eigenvalue weighted by Crippen LogP contribution is -2.39. The lowest BCUT2D eigenvalue weighted by Gasteiger charge is -2.31. The molecular formula is C20H22N4O4S2. The Balaban J connectivity index is 1.28. The topological polar surface area (TPSA) is 97.3 Å². The van der Waals surface area contributed by atoms with E-state index in [0.717, 1.165) is 35.6 Å². The van der Waals surface area contributed by atoms with E-state index in [1.54, 1.807) is 27.1 Å². The van der Waals surface area contributed by atoms with Crippen molar-refractivity contribution in [1.29, 1.82) is 0 Å². The Labute approximate surface area is 178 Å². The van der Waals surface area contributed by atoms with Gasteiger partial charge in [-0.3, -0.25) is 0 Å². The molecule has 0 radical (unpaired) electrons. The van der Waals surface area contributed by atoms with Crippen LogP contribution in [0.3, 0.4) is 0 Å². The molecule has 4 heterocycles. The number of hydrogen-bond acceptors (Lipinski definition) is 6. The Morgan fingerprint density at radius 2 is 2.07 bits per heavy atom. The number of ether oxygens (including phenoxy) is 1. The second-order valence-corrected chi connectivity index (χ2v) is 10.5. The van der Waals surface area contributed by atoms with Crippen LogP contribution in [0.5, 0.6) is 5.75 Å². The highest BCUT2D eigenvalue weighted by molar-refractivity contribution is 7.89. The number of benzene rings is 1. The third-order valence-electron chi connectivity index (χ3n) is 5.81. The Bertz CT molecular complexity index is 1210. The molecule has 8 nitrogen and oxygen atoms in total. The number of sulfonamides is 1. The van der Waals surface area contributed by atoms with E-state index in [1.807, 2.05) is 17.5 Å². The van der Waals surface area contributed by atoms with Gasteiger partial charge in [-0.2, -0.15) is 9.40 Å². The summed E-state index contributed by atoms with van der Waals surface area (Å²) in [6, 6.07) is 8.92. The Kier molecular flexibility index (Phi) is 5.00. The maximum atomic E-state index is 13.1. The number of nitrogens with zero attached hydrogens (tertiary/aromatic N) is 3. The van der Waals surface area contributed by atoms with Gasteiger partial charge in [0.1, 0.15) is 16.6 Å². The van der Waals surface area contributed by atoms with E-state index in [2.05, 4.69) is 10.2 Å². The maximum absolute atomic E-state index is 13.1. The normalized spacial score (nSPS) is 17.7.